The van der Waals surface area contributed by atoms with Crippen LogP contribution in [0.5, 0.6) is 0 Å². The summed E-state index contributed by atoms with van der Waals surface area (Å²) in [6.07, 6.45) is 1.52. The molecule has 0 aromatic heterocycles. The Bertz CT molecular complexity index is 659. The van der Waals surface area contributed by atoms with Crippen molar-refractivity contribution in [3.8, 4) is 6.07 Å². The van der Waals surface area contributed by atoms with Crippen LogP contribution in [0.15, 0.2) is 24.3 Å². The van der Waals surface area contributed by atoms with E-state index in [-0.39, 0.29) is 23.9 Å². The van der Waals surface area contributed by atoms with E-state index < -0.39 is 0 Å². The zero-order chi connectivity index (χ0) is 16.9. The van der Waals surface area contributed by atoms with Gasteiger partial charge in [-0.25, -0.2) is 0 Å². The van der Waals surface area contributed by atoms with Crippen molar-refractivity contribution in [3.05, 3.63) is 35.4 Å². The van der Waals surface area contributed by atoms with Crippen molar-refractivity contribution in [2.24, 2.45) is 0 Å². The zero-order valence-corrected chi connectivity index (χ0v) is 14.1. The standard InChI is InChI=1S/C17H20N4O2S/c18-9-12-2-1-3-13(8-12)17(23)21-6-4-14(5-7-21)20-16(22)15-10-24-11-19-15/h1-3,8,14-15,19H,4-7,10-11H2,(H,20,22). The Morgan fingerprint density at radius 1 is 1.33 bits per heavy atom. The molecule has 2 saturated heterocycles. The highest BCUT2D eigenvalue weighted by molar-refractivity contribution is 7.99. The molecule has 1 aromatic rings. The highest BCUT2D eigenvalue weighted by Gasteiger charge is 2.28. The number of nitrogens with one attached hydrogen (secondary N) is 2. The molecule has 2 heterocycles. The van der Waals surface area contributed by atoms with Gasteiger partial charge in [0.15, 0.2) is 0 Å². The number of benzene rings is 1. The topological polar surface area (TPSA) is 85.2 Å². The molecule has 126 valence electrons. The molecule has 1 aromatic carbocycles. The van der Waals surface area contributed by atoms with E-state index in [1.807, 2.05) is 0 Å². The van der Waals surface area contributed by atoms with Crippen molar-refractivity contribution < 1.29 is 9.59 Å². The molecule has 0 spiro atoms. The lowest BCUT2D eigenvalue weighted by atomic mass is 10.0. The number of nitriles is 1. The largest absolute Gasteiger partial charge is 0.352 e. The maximum atomic E-state index is 12.5. The van der Waals surface area contributed by atoms with Gasteiger partial charge in [0.25, 0.3) is 5.91 Å². The van der Waals surface area contributed by atoms with Gasteiger partial charge in [0.1, 0.15) is 0 Å². The maximum absolute atomic E-state index is 12.5. The first kappa shape index (κ1) is 16.8. The Morgan fingerprint density at radius 2 is 2.12 bits per heavy atom. The molecule has 1 atom stereocenters. The van der Waals surface area contributed by atoms with E-state index >= 15 is 0 Å². The smallest absolute Gasteiger partial charge is 0.253 e. The fourth-order valence-electron chi connectivity index (χ4n) is 3.00. The number of piperidine rings is 1. The van der Waals surface area contributed by atoms with Crippen LogP contribution in [0.25, 0.3) is 0 Å². The second kappa shape index (κ2) is 7.69. The number of hydrogen-bond acceptors (Lipinski definition) is 5. The summed E-state index contributed by atoms with van der Waals surface area (Å²) in [5.74, 6) is 1.66. The Hall–Kier alpha value is -2.04. The van der Waals surface area contributed by atoms with Crippen molar-refractivity contribution >= 4 is 23.6 Å². The number of hydrogen-bond donors (Lipinski definition) is 2. The molecule has 3 rings (SSSR count). The summed E-state index contributed by atoms with van der Waals surface area (Å²) in [5, 5.41) is 15.2. The molecule has 2 aliphatic heterocycles. The first-order chi connectivity index (χ1) is 11.7. The highest BCUT2D eigenvalue weighted by atomic mass is 32.2. The number of carbonyl (C=O) groups excluding carboxylic acids is 2. The molecule has 2 amide bonds. The first-order valence-electron chi connectivity index (χ1n) is 8.08. The third-order valence-electron chi connectivity index (χ3n) is 4.40. The predicted molar refractivity (Wildman–Crippen MR) is 92.5 cm³/mol. The number of carbonyl (C=O) groups is 2. The minimum atomic E-state index is -0.0941. The van der Waals surface area contributed by atoms with Gasteiger partial charge < -0.3 is 10.2 Å². The summed E-state index contributed by atoms with van der Waals surface area (Å²) in [5.41, 5.74) is 1.04. The quantitative estimate of drug-likeness (QED) is 0.852. The molecule has 1 unspecified atom stereocenters. The molecule has 0 radical (unpaired) electrons. The second-order valence-electron chi connectivity index (χ2n) is 6.04. The molecular formula is C17H20N4O2S. The Balaban J connectivity index is 1.52. The number of nitrogens with zero attached hydrogens (tertiary/aromatic N) is 2. The number of amides is 2. The van der Waals surface area contributed by atoms with Gasteiger partial charge >= 0.3 is 0 Å². The summed E-state index contributed by atoms with van der Waals surface area (Å²) in [6.45, 7) is 1.24. The Kier molecular flexibility index (Phi) is 5.38. The lowest BCUT2D eigenvalue weighted by Crippen LogP contribution is -2.51. The van der Waals surface area contributed by atoms with Crippen molar-refractivity contribution in [2.45, 2.75) is 24.9 Å². The fraction of sp³-hybridized carbons (Fsp3) is 0.471. The number of likely N-dealkylation sites (tertiary alicyclic amines) is 1. The van der Waals surface area contributed by atoms with Gasteiger partial charge in [-0.2, -0.15) is 5.26 Å². The summed E-state index contributed by atoms with van der Waals surface area (Å²) >= 11 is 1.73. The van der Waals surface area contributed by atoms with E-state index in [4.69, 9.17) is 5.26 Å². The molecular weight excluding hydrogens is 324 g/mol. The van der Waals surface area contributed by atoms with E-state index in [0.717, 1.165) is 24.5 Å². The van der Waals surface area contributed by atoms with Crippen LogP contribution in [0, 0.1) is 11.3 Å². The number of rotatable bonds is 3. The van der Waals surface area contributed by atoms with Gasteiger partial charge in [-0.3, -0.25) is 14.9 Å². The van der Waals surface area contributed by atoms with Crippen LogP contribution in [0.2, 0.25) is 0 Å². The molecule has 0 bridgehead atoms. The highest BCUT2D eigenvalue weighted by Crippen LogP contribution is 2.16. The lowest BCUT2D eigenvalue weighted by Gasteiger charge is -2.33. The zero-order valence-electron chi connectivity index (χ0n) is 13.3. The SMILES string of the molecule is N#Cc1cccc(C(=O)N2CCC(NC(=O)C3CSCN3)CC2)c1. The average Bonchev–Trinajstić information content (AvgIpc) is 3.16. The van der Waals surface area contributed by atoms with Gasteiger partial charge in [-0.05, 0) is 31.0 Å². The van der Waals surface area contributed by atoms with Crippen LogP contribution < -0.4 is 10.6 Å². The van der Waals surface area contributed by atoms with Crippen LogP contribution in [0.4, 0.5) is 0 Å². The van der Waals surface area contributed by atoms with Gasteiger partial charge in [0.05, 0.1) is 17.7 Å². The van der Waals surface area contributed by atoms with Crippen LogP contribution in [0.3, 0.4) is 0 Å². The van der Waals surface area contributed by atoms with E-state index in [9.17, 15) is 9.59 Å². The van der Waals surface area contributed by atoms with Crippen molar-refractivity contribution in [1.29, 1.82) is 5.26 Å². The van der Waals surface area contributed by atoms with Crippen molar-refractivity contribution in [3.63, 3.8) is 0 Å². The number of thioether (sulfide) groups is 1. The normalized spacial score (nSPS) is 21.3. The molecule has 0 aliphatic carbocycles. The molecule has 24 heavy (non-hydrogen) atoms. The average molecular weight is 344 g/mol. The Labute approximate surface area is 145 Å². The summed E-state index contributed by atoms with van der Waals surface area (Å²) in [7, 11) is 0. The third kappa shape index (κ3) is 3.89. The van der Waals surface area contributed by atoms with Crippen LogP contribution in [-0.2, 0) is 4.79 Å². The molecule has 2 fully saturated rings. The molecule has 6 nitrogen and oxygen atoms in total. The van der Waals surface area contributed by atoms with Gasteiger partial charge in [-0.1, -0.05) is 6.07 Å². The van der Waals surface area contributed by atoms with Crippen LogP contribution in [0.1, 0.15) is 28.8 Å². The molecule has 2 aliphatic rings. The minimum Gasteiger partial charge on any atom is -0.352 e. The molecule has 0 saturated carbocycles. The van der Waals surface area contributed by atoms with Crippen LogP contribution >= 0.6 is 11.8 Å². The van der Waals surface area contributed by atoms with Crippen LogP contribution in [-0.4, -0.2) is 53.5 Å². The summed E-state index contributed by atoms with van der Waals surface area (Å²) in [6, 6.07) is 8.86. The fourth-order valence-corrected chi connectivity index (χ4v) is 3.94. The first-order valence-corrected chi connectivity index (χ1v) is 9.24. The van der Waals surface area contributed by atoms with Crippen molar-refractivity contribution in [2.75, 3.05) is 24.7 Å². The molecule has 2 N–H and O–H groups in total. The predicted octanol–water partition coefficient (Wildman–Crippen LogP) is 0.942. The van der Waals surface area contributed by atoms with E-state index in [0.29, 0.717) is 24.2 Å². The summed E-state index contributed by atoms with van der Waals surface area (Å²) in [4.78, 5) is 26.4. The minimum absolute atomic E-state index is 0.0502. The second-order valence-corrected chi connectivity index (χ2v) is 7.07. The summed E-state index contributed by atoms with van der Waals surface area (Å²) < 4.78 is 0. The van der Waals surface area contributed by atoms with E-state index in [1.165, 1.54) is 0 Å². The Morgan fingerprint density at radius 3 is 2.79 bits per heavy atom. The van der Waals surface area contributed by atoms with E-state index in [2.05, 4.69) is 16.7 Å². The van der Waals surface area contributed by atoms with Crippen molar-refractivity contribution in [1.82, 2.24) is 15.5 Å². The third-order valence-corrected chi connectivity index (χ3v) is 5.34. The lowest BCUT2D eigenvalue weighted by molar-refractivity contribution is -0.123. The van der Waals surface area contributed by atoms with Gasteiger partial charge in [0, 0.05) is 36.3 Å². The maximum Gasteiger partial charge on any atom is 0.253 e. The molecule has 7 heteroatoms. The van der Waals surface area contributed by atoms with E-state index in [1.54, 1.807) is 40.9 Å². The monoisotopic (exact) mass is 344 g/mol. The van der Waals surface area contributed by atoms with Gasteiger partial charge in [0.2, 0.25) is 5.91 Å². The van der Waals surface area contributed by atoms with Gasteiger partial charge in [-0.15, -0.1) is 11.8 Å².